The summed E-state index contributed by atoms with van der Waals surface area (Å²) < 4.78 is 20.5. The summed E-state index contributed by atoms with van der Waals surface area (Å²) in [5.41, 5.74) is 1.19. The molecule has 34 heavy (non-hydrogen) atoms. The Balaban J connectivity index is 1.72. The van der Waals surface area contributed by atoms with Gasteiger partial charge in [0, 0.05) is 24.8 Å². The summed E-state index contributed by atoms with van der Waals surface area (Å²) in [5.74, 6) is 0.252. The van der Waals surface area contributed by atoms with Gasteiger partial charge in [0.25, 0.3) is 11.5 Å². The number of nitrogens with one attached hydrogen (secondary N) is 1. The second-order valence-corrected chi connectivity index (χ2v) is 7.51. The molecule has 1 N–H and O–H groups in total. The smallest absolute Gasteiger partial charge is 0.299 e. The SMILES string of the molecule is CCN(C)C(=O)c1ccc(Nc2c(Oc3ccccc3)cnn(-c3ccc(F)cc3)c2=O)cc1. The molecule has 8 heteroatoms. The van der Waals surface area contributed by atoms with Crippen LogP contribution in [0.5, 0.6) is 11.5 Å². The average Bonchev–Trinajstić information content (AvgIpc) is 2.87. The van der Waals surface area contributed by atoms with Crippen LogP contribution in [0, 0.1) is 5.82 Å². The lowest BCUT2D eigenvalue weighted by Crippen LogP contribution is -2.26. The molecule has 0 radical (unpaired) electrons. The van der Waals surface area contributed by atoms with Crippen molar-refractivity contribution in [3.8, 4) is 17.2 Å². The van der Waals surface area contributed by atoms with Crippen molar-refractivity contribution in [1.29, 1.82) is 0 Å². The lowest BCUT2D eigenvalue weighted by atomic mass is 10.2. The molecular weight excluding hydrogens is 435 g/mol. The molecule has 0 saturated carbocycles. The van der Waals surface area contributed by atoms with Crippen LogP contribution >= 0.6 is 0 Å². The second kappa shape index (κ2) is 9.99. The van der Waals surface area contributed by atoms with Gasteiger partial charge in [-0.05, 0) is 67.6 Å². The molecule has 0 atom stereocenters. The Bertz CT molecular complexity index is 1340. The minimum atomic E-state index is -0.481. The fraction of sp³-hybridized carbons (Fsp3) is 0.115. The zero-order valence-electron chi connectivity index (χ0n) is 18.7. The molecule has 0 aliphatic carbocycles. The van der Waals surface area contributed by atoms with E-state index in [1.54, 1.807) is 48.3 Å². The first-order valence-corrected chi connectivity index (χ1v) is 10.7. The van der Waals surface area contributed by atoms with Crippen molar-refractivity contribution in [3.05, 3.63) is 107 Å². The van der Waals surface area contributed by atoms with E-state index in [-0.39, 0.29) is 17.3 Å². The number of hydrogen-bond acceptors (Lipinski definition) is 5. The minimum Gasteiger partial charge on any atom is -0.453 e. The van der Waals surface area contributed by atoms with Crippen molar-refractivity contribution in [2.45, 2.75) is 6.92 Å². The van der Waals surface area contributed by atoms with E-state index < -0.39 is 11.4 Å². The highest BCUT2D eigenvalue weighted by Gasteiger charge is 2.16. The lowest BCUT2D eigenvalue weighted by Gasteiger charge is -2.16. The van der Waals surface area contributed by atoms with Gasteiger partial charge >= 0.3 is 0 Å². The molecule has 4 rings (SSSR count). The summed E-state index contributed by atoms with van der Waals surface area (Å²) in [5, 5.41) is 7.30. The van der Waals surface area contributed by atoms with E-state index in [2.05, 4.69) is 10.4 Å². The van der Waals surface area contributed by atoms with E-state index in [1.165, 1.54) is 30.5 Å². The molecule has 0 saturated heterocycles. The summed E-state index contributed by atoms with van der Waals surface area (Å²) in [6, 6.07) is 21.3. The first-order chi connectivity index (χ1) is 16.5. The molecule has 0 fully saturated rings. The zero-order chi connectivity index (χ0) is 24.1. The highest BCUT2D eigenvalue weighted by Crippen LogP contribution is 2.29. The van der Waals surface area contributed by atoms with Crippen LogP contribution in [0.15, 0.2) is 89.9 Å². The molecule has 1 heterocycles. The molecule has 1 amide bonds. The van der Waals surface area contributed by atoms with Gasteiger partial charge in [0.15, 0.2) is 11.4 Å². The third kappa shape index (κ3) is 4.96. The third-order valence-electron chi connectivity index (χ3n) is 5.21. The van der Waals surface area contributed by atoms with Gasteiger partial charge in [0.05, 0.1) is 11.9 Å². The Morgan fingerprint density at radius 1 is 1.03 bits per heavy atom. The third-order valence-corrected chi connectivity index (χ3v) is 5.21. The highest BCUT2D eigenvalue weighted by atomic mass is 19.1. The fourth-order valence-electron chi connectivity index (χ4n) is 3.22. The number of para-hydroxylation sites is 1. The van der Waals surface area contributed by atoms with Gasteiger partial charge in [0.1, 0.15) is 11.6 Å². The number of halogens is 1. The standard InChI is InChI=1S/C26H23FN4O3/c1-3-30(2)25(32)18-9-13-20(14-10-18)29-24-23(34-22-7-5-4-6-8-22)17-28-31(26(24)33)21-15-11-19(27)12-16-21/h4-17,29H,3H2,1-2H3. The molecule has 0 spiro atoms. The molecule has 7 nitrogen and oxygen atoms in total. The van der Waals surface area contributed by atoms with Gasteiger partial charge in [-0.1, -0.05) is 18.2 Å². The maximum atomic E-state index is 13.4. The normalized spacial score (nSPS) is 10.6. The Labute approximate surface area is 196 Å². The van der Waals surface area contributed by atoms with E-state index in [9.17, 15) is 14.0 Å². The summed E-state index contributed by atoms with van der Waals surface area (Å²) in [6.07, 6.45) is 1.42. The molecule has 172 valence electrons. The maximum Gasteiger partial charge on any atom is 0.299 e. The number of aromatic nitrogens is 2. The Hall–Kier alpha value is -4.46. The minimum absolute atomic E-state index is 0.0928. The van der Waals surface area contributed by atoms with Crippen LogP contribution in [0.2, 0.25) is 0 Å². The molecule has 1 aromatic heterocycles. The number of carbonyl (C=O) groups excluding carboxylic acids is 1. The molecule has 0 unspecified atom stereocenters. The molecule has 0 aliphatic heterocycles. The molecule has 4 aromatic rings. The van der Waals surface area contributed by atoms with Gasteiger partial charge in [-0.2, -0.15) is 9.78 Å². The number of benzene rings is 3. The van der Waals surface area contributed by atoms with Gasteiger partial charge in [-0.25, -0.2) is 4.39 Å². The maximum absolute atomic E-state index is 13.4. The van der Waals surface area contributed by atoms with Crippen LogP contribution in [0.1, 0.15) is 17.3 Å². The number of rotatable bonds is 7. The molecule has 0 aliphatic rings. The Morgan fingerprint density at radius 3 is 2.35 bits per heavy atom. The first kappa shape index (κ1) is 22.7. The van der Waals surface area contributed by atoms with Crippen molar-refractivity contribution < 1.29 is 13.9 Å². The molecule has 0 bridgehead atoms. The number of ether oxygens (including phenoxy) is 1. The van der Waals surface area contributed by atoms with Crippen LogP contribution in [0.4, 0.5) is 15.8 Å². The van der Waals surface area contributed by atoms with Gasteiger partial charge < -0.3 is 15.0 Å². The van der Waals surface area contributed by atoms with Crippen LogP contribution in [0.25, 0.3) is 5.69 Å². The topological polar surface area (TPSA) is 76.5 Å². The van der Waals surface area contributed by atoms with Gasteiger partial charge in [-0.3, -0.25) is 9.59 Å². The van der Waals surface area contributed by atoms with Crippen LogP contribution in [0.3, 0.4) is 0 Å². The van der Waals surface area contributed by atoms with Crippen LogP contribution in [-0.2, 0) is 0 Å². The molecule has 3 aromatic carbocycles. The van der Waals surface area contributed by atoms with Crippen molar-refractivity contribution in [1.82, 2.24) is 14.7 Å². The second-order valence-electron chi connectivity index (χ2n) is 7.51. The Kier molecular flexibility index (Phi) is 6.68. The quantitative estimate of drug-likeness (QED) is 0.422. The predicted octanol–water partition coefficient (Wildman–Crippen LogP) is 5.00. The monoisotopic (exact) mass is 458 g/mol. The number of carbonyl (C=O) groups is 1. The van der Waals surface area contributed by atoms with E-state index in [1.807, 2.05) is 25.1 Å². The summed E-state index contributed by atoms with van der Waals surface area (Å²) in [4.78, 5) is 27.4. The average molecular weight is 458 g/mol. The van der Waals surface area contributed by atoms with Crippen molar-refractivity contribution in [2.24, 2.45) is 0 Å². The molecular formula is C26H23FN4O3. The van der Waals surface area contributed by atoms with Gasteiger partial charge in [0.2, 0.25) is 0 Å². The number of anilines is 2. The first-order valence-electron chi connectivity index (χ1n) is 10.7. The van der Waals surface area contributed by atoms with E-state index in [0.29, 0.717) is 29.2 Å². The zero-order valence-corrected chi connectivity index (χ0v) is 18.7. The van der Waals surface area contributed by atoms with Crippen molar-refractivity contribution in [3.63, 3.8) is 0 Å². The Morgan fingerprint density at radius 2 is 1.71 bits per heavy atom. The predicted molar refractivity (Wildman–Crippen MR) is 129 cm³/mol. The summed E-state index contributed by atoms with van der Waals surface area (Å²) >= 11 is 0. The largest absolute Gasteiger partial charge is 0.453 e. The number of hydrogen-bond donors (Lipinski definition) is 1. The van der Waals surface area contributed by atoms with E-state index in [0.717, 1.165) is 4.68 Å². The van der Waals surface area contributed by atoms with Crippen molar-refractivity contribution >= 4 is 17.3 Å². The fourth-order valence-corrected chi connectivity index (χ4v) is 3.22. The van der Waals surface area contributed by atoms with Gasteiger partial charge in [-0.15, -0.1) is 0 Å². The number of amides is 1. The van der Waals surface area contributed by atoms with Crippen LogP contribution in [-0.4, -0.2) is 34.2 Å². The van der Waals surface area contributed by atoms with E-state index in [4.69, 9.17) is 4.74 Å². The van der Waals surface area contributed by atoms with Crippen LogP contribution < -0.4 is 15.6 Å². The summed E-state index contributed by atoms with van der Waals surface area (Å²) in [7, 11) is 1.73. The lowest BCUT2D eigenvalue weighted by molar-refractivity contribution is 0.0802. The van der Waals surface area contributed by atoms with Crippen molar-refractivity contribution in [2.75, 3.05) is 18.9 Å². The van der Waals surface area contributed by atoms with E-state index >= 15 is 0 Å². The number of nitrogens with zero attached hydrogens (tertiary/aromatic N) is 3. The highest BCUT2D eigenvalue weighted by molar-refractivity contribution is 5.94. The summed E-state index contributed by atoms with van der Waals surface area (Å²) in [6.45, 7) is 2.50.